The zero-order chi connectivity index (χ0) is 29.4. The van der Waals surface area contributed by atoms with Crippen LogP contribution in [0.1, 0.15) is 17.5 Å². The highest BCUT2D eigenvalue weighted by molar-refractivity contribution is 7.46. The van der Waals surface area contributed by atoms with Crippen molar-refractivity contribution < 1.29 is 45.6 Å². The number of halogens is 5. The van der Waals surface area contributed by atoms with Crippen molar-refractivity contribution in [3.05, 3.63) is 55.4 Å². The van der Waals surface area contributed by atoms with Crippen molar-refractivity contribution in [3.63, 3.8) is 0 Å². The van der Waals surface area contributed by atoms with Crippen molar-refractivity contribution in [2.45, 2.75) is 19.3 Å². The number of nitrogens with two attached hydrogens (primary N) is 1. The van der Waals surface area contributed by atoms with E-state index in [1.54, 1.807) is 0 Å². The molecule has 0 aliphatic rings. The standard InChI is InChI=1S/C20H20F5N6O6PS/c1-27-11(14-17(26)29(2)30(3)18(14)33)6-13(32)28-19-31(8-37-38(34,35)36)12(7-39-19)9-4-5-10(21)15(16(9)22)20(23,24)25/h4-5,7H,6,8,26H2,1-3H3,(H2,34,35,36). The molecule has 0 aliphatic carbocycles. The Balaban J connectivity index is 2.12. The number of rotatable bonds is 7. The Hall–Kier alpha value is -3.44. The van der Waals surface area contributed by atoms with Gasteiger partial charge in [-0.15, -0.1) is 11.3 Å². The molecule has 0 saturated heterocycles. The van der Waals surface area contributed by atoms with E-state index < -0.39 is 67.1 Å². The zero-order valence-electron chi connectivity index (χ0n) is 20.2. The number of thiazole rings is 1. The second-order valence-electron chi connectivity index (χ2n) is 7.83. The second kappa shape index (κ2) is 11.0. The predicted octanol–water partition coefficient (Wildman–Crippen LogP) is 2.14. The second-order valence-corrected chi connectivity index (χ2v) is 9.90. The molecule has 0 aliphatic heterocycles. The number of nitrogens with zero attached hydrogens (tertiary/aromatic N) is 5. The predicted molar refractivity (Wildman–Crippen MR) is 129 cm³/mol. The van der Waals surface area contributed by atoms with Crippen LogP contribution in [0.3, 0.4) is 0 Å². The molecule has 0 radical (unpaired) electrons. The summed E-state index contributed by atoms with van der Waals surface area (Å²) in [5.41, 5.74) is 1.82. The van der Waals surface area contributed by atoms with Gasteiger partial charge in [-0.25, -0.2) is 13.3 Å². The molecule has 2 aromatic heterocycles. The first-order valence-electron chi connectivity index (χ1n) is 10.5. The number of nitrogen functional groups attached to an aromatic ring is 1. The molecular formula is C20H20F5N6O6PS. The first-order valence-corrected chi connectivity index (χ1v) is 12.9. The number of aromatic nitrogens is 3. The van der Waals surface area contributed by atoms with E-state index in [1.807, 2.05) is 0 Å². The summed E-state index contributed by atoms with van der Waals surface area (Å²) in [6, 6.07) is 1.04. The number of benzene rings is 1. The van der Waals surface area contributed by atoms with Crippen LogP contribution in [0.4, 0.5) is 27.8 Å². The van der Waals surface area contributed by atoms with Crippen LogP contribution in [0.15, 0.2) is 32.3 Å². The number of aliphatic imine (C=N–C) groups is 1. The van der Waals surface area contributed by atoms with Crippen molar-refractivity contribution in [1.82, 2.24) is 13.9 Å². The van der Waals surface area contributed by atoms with Gasteiger partial charge in [0.15, 0.2) is 4.80 Å². The third-order valence-electron chi connectivity index (χ3n) is 5.46. The van der Waals surface area contributed by atoms with E-state index in [-0.39, 0.29) is 21.9 Å². The molecule has 0 spiro atoms. The quantitative estimate of drug-likeness (QED) is 0.213. The molecule has 0 saturated carbocycles. The molecule has 19 heteroatoms. The Labute approximate surface area is 219 Å². The molecule has 2 heterocycles. The number of amides is 1. The van der Waals surface area contributed by atoms with Gasteiger partial charge < -0.3 is 15.5 Å². The molecule has 1 aromatic carbocycles. The summed E-state index contributed by atoms with van der Waals surface area (Å²) < 4.78 is 87.2. The van der Waals surface area contributed by atoms with Crippen LogP contribution >= 0.6 is 19.2 Å². The molecule has 1 amide bonds. The van der Waals surface area contributed by atoms with Gasteiger partial charge in [0, 0.05) is 32.1 Å². The van der Waals surface area contributed by atoms with Crippen molar-refractivity contribution in [1.29, 1.82) is 0 Å². The van der Waals surface area contributed by atoms with E-state index in [9.17, 15) is 36.1 Å². The number of anilines is 1. The van der Waals surface area contributed by atoms with Gasteiger partial charge in [0.25, 0.3) is 11.5 Å². The Morgan fingerprint density at radius 3 is 2.36 bits per heavy atom. The minimum absolute atomic E-state index is 0.00618. The summed E-state index contributed by atoms with van der Waals surface area (Å²) in [4.78, 5) is 50.8. The Morgan fingerprint density at radius 1 is 1.21 bits per heavy atom. The fourth-order valence-electron chi connectivity index (χ4n) is 3.47. The number of alkyl halides is 3. The van der Waals surface area contributed by atoms with E-state index in [1.165, 1.54) is 30.5 Å². The topological polar surface area (TPSA) is 166 Å². The molecule has 39 heavy (non-hydrogen) atoms. The maximum absolute atomic E-state index is 14.8. The zero-order valence-corrected chi connectivity index (χ0v) is 21.9. The number of hydrogen-bond acceptors (Lipinski definition) is 7. The molecule has 3 aromatic rings. The van der Waals surface area contributed by atoms with Gasteiger partial charge in [-0.2, -0.15) is 18.2 Å². The molecule has 12 nitrogen and oxygen atoms in total. The summed E-state index contributed by atoms with van der Waals surface area (Å²) in [5.74, 6) is -4.82. The van der Waals surface area contributed by atoms with Gasteiger partial charge in [-0.3, -0.25) is 33.0 Å². The molecule has 0 unspecified atom stereocenters. The highest BCUT2D eigenvalue weighted by Gasteiger charge is 2.39. The van der Waals surface area contributed by atoms with Crippen LogP contribution in [-0.2, 0) is 40.9 Å². The minimum atomic E-state index is -5.40. The summed E-state index contributed by atoms with van der Waals surface area (Å²) >= 11 is 0.586. The van der Waals surface area contributed by atoms with Crippen LogP contribution in [0.2, 0.25) is 0 Å². The molecule has 0 fully saturated rings. The molecule has 212 valence electrons. The van der Waals surface area contributed by atoms with Crippen molar-refractivity contribution in [3.8, 4) is 11.3 Å². The average molecular weight is 598 g/mol. The van der Waals surface area contributed by atoms with Crippen molar-refractivity contribution in [2.75, 3.05) is 12.8 Å². The van der Waals surface area contributed by atoms with Gasteiger partial charge in [-0.05, 0) is 12.1 Å². The van der Waals surface area contributed by atoms with E-state index in [0.717, 1.165) is 9.95 Å². The maximum atomic E-state index is 14.8. The Morgan fingerprint density at radius 2 is 1.85 bits per heavy atom. The third kappa shape index (κ3) is 6.25. The lowest BCUT2D eigenvalue weighted by atomic mass is 10.1. The maximum Gasteiger partial charge on any atom is 0.471 e. The SMILES string of the molecule is CN=C(CC(=O)N=c1scc(-c2ccc(F)c(C(F)(F)F)c2F)n1COP(=O)(O)O)c1c(N)n(C)n(C)c1=O. The first kappa shape index (κ1) is 30.1. The number of carbonyl (C=O) groups is 1. The van der Waals surface area contributed by atoms with Crippen molar-refractivity contribution in [2.24, 2.45) is 24.1 Å². The lowest BCUT2D eigenvalue weighted by Gasteiger charge is -2.14. The van der Waals surface area contributed by atoms with Crippen LogP contribution in [0, 0.1) is 11.6 Å². The summed E-state index contributed by atoms with van der Waals surface area (Å²) in [7, 11) is -0.941. The van der Waals surface area contributed by atoms with E-state index >= 15 is 0 Å². The van der Waals surface area contributed by atoms with Gasteiger partial charge in [0.2, 0.25) is 0 Å². The number of carbonyl (C=O) groups excluding carboxylic acids is 1. The largest absolute Gasteiger partial charge is 0.471 e. The van der Waals surface area contributed by atoms with Gasteiger partial charge in [0.05, 0.1) is 17.8 Å². The Kier molecular flexibility index (Phi) is 8.47. The van der Waals surface area contributed by atoms with Gasteiger partial charge in [0.1, 0.15) is 35.3 Å². The van der Waals surface area contributed by atoms with E-state index in [4.69, 9.17) is 15.5 Å². The molecular weight excluding hydrogens is 578 g/mol. The first-order chi connectivity index (χ1) is 18.0. The monoisotopic (exact) mass is 598 g/mol. The lowest BCUT2D eigenvalue weighted by Crippen LogP contribution is -2.24. The number of phosphoric ester groups is 1. The molecule has 0 bridgehead atoms. The van der Waals surface area contributed by atoms with Crippen LogP contribution in [0.5, 0.6) is 0 Å². The number of hydrogen-bond donors (Lipinski definition) is 3. The van der Waals surface area contributed by atoms with E-state index in [0.29, 0.717) is 23.5 Å². The molecule has 3 rings (SSSR count). The van der Waals surface area contributed by atoms with Gasteiger partial charge >= 0.3 is 14.0 Å². The van der Waals surface area contributed by atoms with Gasteiger partial charge in [-0.1, -0.05) is 0 Å². The average Bonchev–Trinajstić information content (AvgIpc) is 3.28. The van der Waals surface area contributed by atoms with Crippen LogP contribution < -0.4 is 16.1 Å². The van der Waals surface area contributed by atoms with E-state index in [2.05, 4.69) is 14.5 Å². The smallest absolute Gasteiger partial charge is 0.383 e. The van der Waals surface area contributed by atoms with Crippen LogP contribution in [0.25, 0.3) is 11.3 Å². The van der Waals surface area contributed by atoms with Crippen LogP contribution in [-0.4, -0.2) is 42.4 Å². The Bertz CT molecular complexity index is 1650. The summed E-state index contributed by atoms with van der Waals surface area (Å²) in [6.45, 7) is -1.08. The fraction of sp³-hybridized carbons (Fsp3) is 0.300. The number of phosphoric acid groups is 1. The molecule has 0 atom stereocenters. The normalized spacial score (nSPS) is 13.4. The summed E-state index contributed by atoms with van der Waals surface area (Å²) in [5, 5.41) is 1.03. The highest BCUT2D eigenvalue weighted by Crippen LogP contribution is 2.39. The van der Waals surface area contributed by atoms with Crippen molar-refractivity contribution >= 4 is 36.6 Å². The lowest BCUT2D eigenvalue weighted by molar-refractivity contribution is -0.142. The summed E-state index contributed by atoms with van der Waals surface area (Å²) in [6.07, 6.45) is -5.97. The fourth-order valence-corrected chi connectivity index (χ4v) is 4.64. The third-order valence-corrected chi connectivity index (χ3v) is 6.78. The molecule has 4 N–H and O–H groups in total. The highest BCUT2D eigenvalue weighted by atomic mass is 32.1. The minimum Gasteiger partial charge on any atom is -0.383 e.